The van der Waals surface area contributed by atoms with Gasteiger partial charge in [-0.2, -0.15) is 0 Å². The van der Waals surface area contributed by atoms with Crippen LogP contribution >= 0.6 is 0 Å². The van der Waals surface area contributed by atoms with Gasteiger partial charge < -0.3 is 10.4 Å². The van der Waals surface area contributed by atoms with E-state index in [4.69, 9.17) is 0 Å². The van der Waals surface area contributed by atoms with Crippen molar-refractivity contribution in [3.8, 4) is 0 Å². The second kappa shape index (κ2) is 6.61. The summed E-state index contributed by atoms with van der Waals surface area (Å²) in [5, 5.41) is 12.6. The number of benzene rings is 1. The number of rotatable bonds is 6. The first-order valence-electron chi connectivity index (χ1n) is 5.77. The number of hydrogen-bond donors (Lipinski definition) is 2. The van der Waals surface area contributed by atoms with Crippen molar-refractivity contribution in [3.63, 3.8) is 0 Å². The summed E-state index contributed by atoms with van der Waals surface area (Å²) in [6.45, 7) is 5.23. The molecule has 3 heteroatoms. The molecule has 2 nitrogen and oxygen atoms in total. The van der Waals surface area contributed by atoms with Crippen LogP contribution in [0.25, 0.3) is 0 Å². The molecule has 1 unspecified atom stereocenters. The minimum absolute atomic E-state index is 0.162. The van der Waals surface area contributed by atoms with Gasteiger partial charge in [-0.25, -0.2) is 4.39 Å². The van der Waals surface area contributed by atoms with E-state index in [2.05, 4.69) is 5.32 Å². The summed E-state index contributed by atoms with van der Waals surface area (Å²) in [6.07, 6.45) is 1.33. The van der Waals surface area contributed by atoms with Crippen molar-refractivity contribution < 1.29 is 9.50 Å². The van der Waals surface area contributed by atoms with Crippen LogP contribution in [0.5, 0.6) is 0 Å². The fourth-order valence-corrected chi connectivity index (χ4v) is 1.52. The van der Waals surface area contributed by atoms with Crippen LogP contribution in [0.2, 0.25) is 0 Å². The Morgan fingerprint density at radius 1 is 1.44 bits per heavy atom. The van der Waals surface area contributed by atoms with Crippen LogP contribution in [-0.2, 0) is 6.54 Å². The van der Waals surface area contributed by atoms with Crippen molar-refractivity contribution >= 4 is 0 Å². The molecular formula is C13H20FNO. The summed E-state index contributed by atoms with van der Waals surface area (Å²) in [4.78, 5) is 0. The first kappa shape index (κ1) is 13.1. The topological polar surface area (TPSA) is 32.3 Å². The van der Waals surface area contributed by atoms with E-state index in [0.717, 1.165) is 31.5 Å². The molecule has 1 atom stereocenters. The summed E-state index contributed by atoms with van der Waals surface area (Å²) in [7, 11) is 0. The van der Waals surface area contributed by atoms with Crippen LogP contribution in [0.4, 0.5) is 4.39 Å². The van der Waals surface area contributed by atoms with Gasteiger partial charge in [0.25, 0.3) is 0 Å². The Morgan fingerprint density at radius 2 is 2.19 bits per heavy atom. The number of nitrogens with one attached hydrogen (secondary N) is 1. The monoisotopic (exact) mass is 225 g/mol. The van der Waals surface area contributed by atoms with Crippen LogP contribution in [0.3, 0.4) is 0 Å². The molecule has 0 saturated carbocycles. The highest BCUT2D eigenvalue weighted by Gasteiger charge is 2.01. The first-order valence-corrected chi connectivity index (χ1v) is 5.77. The lowest BCUT2D eigenvalue weighted by molar-refractivity contribution is 0.159. The van der Waals surface area contributed by atoms with E-state index in [1.165, 1.54) is 6.07 Å². The number of halogens is 1. The molecule has 0 heterocycles. The zero-order chi connectivity index (χ0) is 12.0. The van der Waals surface area contributed by atoms with Crippen molar-refractivity contribution in [2.24, 2.45) is 0 Å². The number of hydrogen-bond acceptors (Lipinski definition) is 2. The molecule has 2 N–H and O–H groups in total. The minimum Gasteiger partial charge on any atom is -0.393 e. The molecule has 0 amide bonds. The molecule has 0 aromatic heterocycles. The molecule has 0 bridgehead atoms. The van der Waals surface area contributed by atoms with Gasteiger partial charge in [0, 0.05) is 6.54 Å². The minimum atomic E-state index is -0.220. The Kier molecular flexibility index (Phi) is 5.43. The standard InChI is InChI=1S/C13H20FNO/c1-3-12(16)6-7-15-9-11-4-5-13(14)10(2)8-11/h4-5,8,12,15-16H,3,6-7,9H2,1-2H3. The van der Waals surface area contributed by atoms with Crippen LogP contribution in [0.15, 0.2) is 18.2 Å². The molecule has 0 aliphatic heterocycles. The number of aliphatic hydroxyl groups excluding tert-OH is 1. The van der Waals surface area contributed by atoms with E-state index in [1.54, 1.807) is 13.0 Å². The van der Waals surface area contributed by atoms with Gasteiger partial charge in [-0.15, -0.1) is 0 Å². The average molecular weight is 225 g/mol. The second-order valence-corrected chi connectivity index (χ2v) is 4.11. The molecule has 0 saturated heterocycles. The molecule has 1 aromatic rings. The fraction of sp³-hybridized carbons (Fsp3) is 0.538. The van der Waals surface area contributed by atoms with Gasteiger partial charge in [-0.3, -0.25) is 0 Å². The van der Waals surface area contributed by atoms with Gasteiger partial charge in [0.05, 0.1) is 6.10 Å². The van der Waals surface area contributed by atoms with Crippen LogP contribution in [0.1, 0.15) is 30.9 Å². The van der Waals surface area contributed by atoms with E-state index in [0.29, 0.717) is 5.56 Å². The molecular weight excluding hydrogens is 205 g/mol. The van der Waals surface area contributed by atoms with E-state index in [-0.39, 0.29) is 11.9 Å². The maximum absolute atomic E-state index is 13.0. The molecule has 0 fully saturated rings. The molecule has 0 spiro atoms. The Labute approximate surface area is 96.5 Å². The summed E-state index contributed by atoms with van der Waals surface area (Å²) < 4.78 is 13.0. The number of aryl methyl sites for hydroxylation is 1. The molecule has 0 aliphatic carbocycles. The normalized spacial score (nSPS) is 12.8. The van der Waals surface area contributed by atoms with E-state index >= 15 is 0 Å². The van der Waals surface area contributed by atoms with Crippen molar-refractivity contribution in [1.82, 2.24) is 5.32 Å². The third kappa shape index (κ3) is 4.29. The Morgan fingerprint density at radius 3 is 2.81 bits per heavy atom. The predicted octanol–water partition coefficient (Wildman–Crippen LogP) is 2.38. The quantitative estimate of drug-likeness (QED) is 0.729. The summed E-state index contributed by atoms with van der Waals surface area (Å²) in [6, 6.07) is 5.12. The smallest absolute Gasteiger partial charge is 0.126 e. The van der Waals surface area contributed by atoms with Crippen LogP contribution < -0.4 is 5.32 Å². The summed E-state index contributed by atoms with van der Waals surface area (Å²) >= 11 is 0. The Bertz CT molecular complexity index is 328. The Hall–Kier alpha value is -0.930. The molecule has 1 rings (SSSR count). The van der Waals surface area contributed by atoms with Crippen molar-refractivity contribution in [1.29, 1.82) is 0 Å². The van der Waals surface area contributed by atoms with Gasteiger partial charge >= 0.3 is 0 Å². The molecule has 1 aromatic carbocycles. The van der Waals surface area contributed by atoms with Gasteiger partial charge in [-0.1, -0.05) is 19.1 Å². The third-order valence-corrected chi connectivity index (χ3v) is 2.68. The maximum atomic E-state index is 13.0. The highest BCUT2D eigenvalue weighted by Crippen LogP contribution is 2.08. The average Bonchev–Trinajstić information content (AvgIpc) is 2.28. The molecule has 16 heavy (non-hydrogen) atoms. The van der Waals surface area contributed by atoms with E-state index in [9.17, 15) is 9.50 Å². The zero-order valence-electron chi connectivity index (χ0n) is 9.96. The lowest BCUT2D eigenvalue weighted by atomic mass is 10.1. The fourth-order valence-electron chi connectivity index (χ4n) is 1.52. The van der Waals surface area contributed by atoms with Gasteiger partial charge in [0.1, 0.15) is 5.82 Å². The van der Waals surface area contributed by atoms with Gasteiger partial charge in [0.15, 0.2) is 0 Å². The highest BCUT2D eigenvalue weighted by atomic mass is 19.1. The van der Waals surface area contributed by atoms with Gasteiger partial charge in [-0.05, 0) is 43.5 Å². The van der Waals surface area contributed by atoms with Gasteiger partial charge in [0.2, 0.25) is 0 Å². The lowest BCUT2D eigenvalue weighted by Gasteiger charge is -2.09. The van der Waals surface area contributed by atoms with Crippen LogP contribution in [-0.4, -0.2) is 17.8 Å². The van der Waals surface area contributed by atoms with Crippen molar-refractivity contribution in [2.75, 3.05) is 6.54 Å². The second-order valence-electron chi connectivity index (χ2n) is 4.11. The first-order chi connectivity index (χ1) is 7.63. The van der Waals surface area contributed by atoms with Crippen molar-refractivity contribution in [2.45, 2.75) is 39.3 Å². The molecule has 0 radical (unpaired) electrons. The zero-order valence-corrected chi connectivity index (χ0v) is 9.96. The molecule has 0 aliphatic rings. The number of aliphatic hydroxyl groups is 1. The predicted molar refractivity (Wildman–Crippen MR) is 63.8 cm³/mol. The van der Waals surface area contributed by atoms with Crippen LogP contribution in [0, 0.1) is 12.7 Å². The summed E-state index contributed by atoms with van der Waals surface area (Å²) in [5.74, 6) is -0.162. The summed E-state index contributed by atoms with van der Waals surface area (Å²) in [5.41, 5.74) is 1.75. The SMILES string of the molecule is CCC(O)CCNCc1ccc(F)c(C)c1. The lowest BCUT2D eigenvalue weighted by Crippen LogP contribution is -2.19. The van der Waals surface area contributed by atoms with E-state index < -0.39 is 0 Å². The van der Waals surface area contributed by atoms with Crippen molar-refractivity contribution in [3.05, 3.63) is 35.1 Å². The highest BCUT2D eigenvalue weighted by molar-refractivity contribution is 5.23. The largest absolute Gasteiger partial charge is 0.393 e. The Balaban J connectivity index is 2.29. The third-order valence-electron chi connectivity index (χ3n) is 2.68. The maximum Gasteiger partial charge on any atom is 0.126 e. The molecule has 90 valence electrons. The van der Waals surface area contributed by atoms with E-state index in [1.807, 2.05) is 13.0 Å².